The van der Waals surface area contributed by atoms with Crippen LogP contribution in [-0.2, 0) is 4.79 Å². The minimum absolute atomic E-state index is 0.302. The van der Waals surface area contributed by atoms with Gasteiger partial charge in [0.25, 0.3) is 5.91 Å². The number of urea groups is 1. The van der Waals surface area contributed by atoms with Crippen molar-refractivity contribution in [1.82, 2.24) is 10.2 Å². The summed E-state index contributed by atoms with van der Waals surface area (Å²) in [5.41, 5.74) is 1.20. The zero-order chi connectivity index (χ0) is 12.4. The van der Waals surface area contributed by atoms with Gasteiger partial charge in [-0.15, -0.1) is 11.8 Å². The smallest absolute Gasteiger partial charge is 0.303 e. The molecule has 2 rings (SSSR count). The van der Waals surface area contributed by atoms with Gasteiger partial charge in [-0.25, -0.2) is 4.79 Å². The first-order valence-electron chi connectivity index (χ1n) is 5.06. The second-order valence-corrected chi connectivity index (χ2v) is 4.51. The number of hydrogen-bond donors (Lipinski definition) is 1. The summed E-state index contributed by atoms with van der Waals surface area (Å²) in [6.45, 7) is 0. The van der Waals surface area contributed by atoms with Crippen LogP contribution in [0.25, 0.3) is 6.08 Å². The maximum absolute atomic E-state index is 11.6. The predicted octanol–water partition coefficient (Wildman–Crippen LogP) is 1.93. The molecule has 0 unspecified atom stereocenters. The molecule has 4 nitrogen and oxygen atoms in total. The SMILES string of the molecule is CSc1ccc(/C=C2/NC(=O)N(C)C2=O)cc1. The topological polar surface area (TPSA) is 49.4 Å². The number of carbonyl (C=O) groups excluding carboxylic acids is 2. The molecule has 5 heteroatoms. The van der Waals surface area contributed by atoms with E-state index in [1.807, 2.05) is 30.5 Å². The molecule has 17 heavy (non-hydrogen) atoms. The Hall–Kier alpha value is -1.75. The van der Waals surface area contributed by atoms with Crippen LogP contribution in [0.1, 0.15) is 5.56 Å². The van der Waals surface area contributed by atoms with E-state index in [0.29, 0.717) is 5.70 Å². The summed E-state index contributed by atoms with van der Waals surface area (Å²) < 4.78 is 0. The summed E-state index contributed by atoms with van der Waals surface area (Å²) in [5, 5.41) is 2.52. The second-order valence-electron chi connectivity index (χ2n) is 3.63. The van der Waals surface area contributed by atoms with Crippen LogP contribution in [0.2, 0.25) is 0 Å². The third-order valence-electron chi connectivity index (χ3n) is 2.51. The second kappa shape index (κ2) is 4.63. The third kappa shape index (κ3) is 2.34. The van der Waals surface area contributed by atoms with Gasteiger partial charge in [0.05, 0.1) is 0 Å². The summed E-state index contributed by atoms with van der Waals surface area (Å²) in [5.74, 6) is -0.302. The minimum Gasteiger partial charge on any atom is -0.303 e. The number of nitrogens with one attached hydrogen (secondary N) is 1. The van der Waals surface area contributed by atoms with Crippen molar-refractivity contribution in [2.45, 2.75) is 4.90 Å². The number of benzene rings is 1. The van der Waals surface area contributed by atoms with E-state index in [2.05, 4.69) is 5.32 Å². The average molecular weight is 248 g/mol. The zero-order valence-electron chi connectivity index (χ0n) is 9.56. The molecule has 0 bridgehead atoms. The van der Waals surface area contributed by atoms with Gasteiger partial charge in [-0.3, -0.25) is 9.69 Å². The van der Waals surface area contributed by atoms with Crippen molar-refractivity contribution < 1.29 is 9.59 Å². The Kier molecular flexibility index (Phi) is 3.19. The van der Waals surface area contributed by atoms with E-state index in [0.717, 1.165) is 15.4 Å². The molecule has 1 aromatic rings. The lowest BCUT2D eigenvalue weighted by atomic mass is 10.2. The quantitative estimate of drug-likeness (QED) is 0.494. The monoisotopic (exact) mass is 248 g/mol. The molecule has 0 spiro atoms. The molecule has 1 aliphatic heterocycles. The van der Waals surface area contributed by atoms with Crippen molar-refractivity contribution in [2.24, 2.45) is 0 Å². The summed E-state index contributed by atoms with van der Waals surface area (Å²) in [6.07, 6.45) is 3.68. The largest absolute Gasteiger partial charge is 0.328 e. The Bertz CT molecular complexity index is 494. The fourth-order valence-corrected chi connectivity index (χ4v) is 1.90. The van der Waals surface area contributed by atoms with Crippen LogP contribution in [0.4, 0.5) is 4.79 Å². The van der Waals surface area contributed by atoms with E-state index < -0.39 is 0 Å². The fraction of sp³-hybridized carbons (Fsp3) is 0.167. The Morgan fingerprint density at radius 2 is 1.88 bits per heavy atom. The number of likely N-dealkylation sites (N-methyl/N-ethyl adjacent to an activating group) is 1. The number of amides is 3. The first kappa shape index (κ1) is 11.7. The molecular weight excluding hydrogens is 236 g/mol. The zero-order valence-corrected chi connectivity index (χ0v) is 10.4. The molecule has 0 aromatic heterocycles. The summed E-state index contributed by atoms with van der Waals surface area (Å²) >= 11 is 1.66. The molecule has 1 heterocycles. The molecule has 88 valence electrons. The molecule has 1 fully saturated rings. The van der Waals surface area contributed by atoms with E-state index >= 15 is 0 Å². The molecule has 0 radical (unpaired) electrons. The Morgan fingerprint density at radius 3 is 2.35 bits per heavy atom. The molecule has 1 N–H and O–H groups in total. The van der Waals surface area contributed by atoms with E-state index in [1.54, 1.807) is 17.8 Å². The van der Waals surface area contributed by atoms with Crippen molar-refractivity contribution in [1.29, 1.82) is 0 Å². The van der Waals surface area contributed by atoms with E-state index in [4.69, 9.17) is 0 Å². The van der Waals surface area contributed by atoms with Gasteiger partial charge in [0, 0.05) is 11.9 Å². The molecule has 0 aliphatic carbocycles. The van der Waals surface area contributed by atoms with Gasteiger partial charge in [-0.05, 0) is 30.0 Å². The molecule has 1 aromatic carbocycles. The van der Waals surface area contributed by atoms with E-state index in [-0.39, 0.29) is 11.9 Å². The number of thioether (sulfide) groups is 1. The Labute approximate surface area is 104 Å². The Morgan fingerprint density at radius 1 is 1.24 bits per heavy atom. The normalized spacial score (nSPS) is 17.8. The third-order valence-corrected chi connectivity index (χ3v) is 3.25. The predicted molar refractivity (Wildman–Crippen MR) is 67.5 cm³/mol. The van der Waals surface area contributed by atoms with Crippen LogP contribution in [0.5, 0.6) is 0 Å². The lowest BCUT2D eigenvalue weighted by molar-refractivity contribution is -0.121. The fourth-order valence-electron chi connectivity index (χ4n) is 1.49. The molecule has 3 amide bonds. The minimum atomic E-state index is -0.387. The number of hydrogen-bond acceptors (Lipinski definition) is 3. The molecular formula is C12H12N2O2S. The van der Waals surface area contributed by atoms with Crippen LogP contribution in [0, 0.1) is 0 Å². The van der Waals surface area contributed by atoms with Gasteiger partial charge in [0.2, 0.25) is 0 Å². The number of rotatable bonds is 2. The highest BCUT2D eigenvalue weighted by atomic mass is 32.2. The number of carbonyl (C=O) groups is 2. The van der Waals surface area contributed by atoms with Crippen molar-refractivity contribution in [3.63, 3.8) is 0 Å². The molecule has 0 saturated carbocycles. The van der Waals surface area contributed by atoms with Gasteiger partial charge in [0.15, 0.2) is 0 Å². The number of imide groups is 1. The van der Waals surface area contributed by atoms with Crippen LogP contribution < -0.4 is 5.32 Å². The summed E-state index contributed by atoms with van der Waals surface area (Å²) in [6, 6.07) is 7.39. The van der Waals surface area contributed by atoms with Gasteiger partial charge in [-0.2, -0.15) is 0 Å². The Balaban J connectivity index is 2.24. The highest BCUT2D eigenvalue weighted by Crippen LogP contribution is 2.17. The first-order chi connectivity index (χ1) is 8.11. The highest BCUT2D eigenvalue weighted by Gasteiger charge is 2.29. The summed E-state index contributed by atoms with van der Waals surface area (Å²) in [7, 11) is 1.45. The van der Waals surface area contributed by atoms with Crippen LogP contribution in [0.3, 0.4) is 0 Å². The van der Waals surface area contributed by atoms with Gasteiger partial charge in [-0.1, -0.05) is 12.1 Å². The maximum Gasteiger partial charge on any atom is 0.328 e. The lowest BCUT2D eigenvalue weighted by Gasteiger charge is -2.00. The van der Waals surface area contributed by atoms with E-state index in [9.17, 15) is 9.59 Å². The molecule has 1 saturated heterocycles. The van der Waals surface area contributed by atoms with Crippen LogP contribution >= 0.6 is 11.8 Å². The van der Waals surface area contributed by atoms with Crippen LogP contribution in [0.15, 0.2) is 34.9 Å². The lowest BCUT2D eigenvalue weighted by Crippen LogP contribution is -2.25. The van der Waals surface area contributed by atoms with Crippen molar-refractivity contribution in [3.05, 3.63) is 35.5 Å². The van der Waals surface area contributed by atoms with Crippen LogP contribution in [-0.4, -0.2) is 30.1 Å². The number of nitrogens with zero attached hydrogens (tertiary/aromatic N) is 1. The summed E-state index contributed by atoms with van der Waals surface area (Å²) in [4.78, 5) is 25.1. The van der Waals surface area contributed by atoms with E-state index in [1.165, 1.54) is 7.05 Å². The first-order valence-corrected chi connectivity index (χ1v) is 6.29. The highest BCUT2D eigenvalue weighted by molar-refractivity contribution is 7.98. The van der Waals surface area contributed by atoms with Crippen molar-refractivity contribution >= 4 is 29.8 Å². The molecule has 1 aliphatic rings. The van der Waals surface area contributed by atoms with Gasteiger partial charge in [0.1, 0.15) is 5.70 Å². The van der Waals surface area contributed by atoms with Gasteiger partial charge < -0.3 is 5.32 Å². The standard InChI is InChI=1S/C12H12N2O2S/c1-14-11(15)10(13-12(14)16)7-8-3-5-9(17-2)6-4-8/h3-7H,1-2H3,(H,13,16)/b10-7+. The molecule has 0 atom stereocenters. The maximum atomic E-state index is 11.6. The average Bonchev–Trinajstić information content (AvgIpc) is 2.58. The van der Waals surface area contributed by atoms with Crippen molar-refractivity contribution in [2.75, 3.05) is 13.3 Å². The van der Waals surface area contributed by atoms with Crippen molar-refractivity contribution in [3.8, 4) is 0 Å². The van der Waals surface area contributed by atoms with Gasteiger partial charge >= 0.3 is 6.03 Å².